The molecule has 0 atom stereocenters. The van der Waals surface area contributed by atoms with Crippen LogP contribution in [0.15, 0.2) is 78.9 Å². The third-order valence-corrected chi connectivity index (χ3v) is 6.18. The minimum absolute atomic E-state index is 0.0966. The minimum atomic E-state index is -0.299. The second kappa shape index (κ2) is 11.8. The van der Waals surface area contributed by atoms with Crippen LogP contribution in [0, 0.1) is 19.8 Å². The summed E-state index contributed by atoms with van der Waals surface area (Å²) in [5.41, 5.74) is 5.02. The van der Waals surface area contributed by atoms with Crippen LogP contribution < -0.4 is 10.1 Å². The third-order valence-electron chi connectivity index (χ3n) is 6.18. The molecule has 7 heteroatoms. The molecule has 7 nitrogen and oxygen atoms in total. The topological polar surface area (TPSA) is 76.5 Å². The van der Waals surface area contributed by atoms with Crippen molar-refractivity contribution in [3.8, 4) is 22.6 Å². The van der Waals surface area contributed by atoms with E-state index in [9.17, 15) is 9.59 Å². The van der Waals surface area contributed by atoms with E-state index in [1.807, 2.05) is 82.3 Å². The number of amides is 2. The highest BCUT2D eigenvalue weighted by Gasteiger charge is 2.24. The molecule has 0 aliphatic heterocycles. The maximum atomic E-state index is 13.5. The van der Waals surface area contributed by atoms with Crippen LogP contribution >= 0.6 is 0 Å². The predicted molar refractivity (Wildman–Crippen MR) is 151 cm³/mol. The van der Waals surface area contributed by atoms with Crippen LogP contribution in [0.2, 0.25) is 0 Å². The van der Waals surface area contributed by atoms with Crippen LogP contribution in [-0.2, 0) is 4.79 Å². The molecule has 0 unspecified atom stereocenters. The molecule has 0 spiro atoms. The largest absolute Gasteiger partial charge is 0.497 e. The monoisotopic (exact) mass is 510 g/mol. The first-order chi connectivity index (χ1) is 18.3. The Balaban J connectivity index is 1.68. The van der Waals surface area contributed by atoms with Crippen LogP contribution in [0.3, 0.4) is 0 Å². The average Bonchev–Trinajstić information content (AvgIpc) is 3.23. The maximum Gasteiger partial charge on any atom is 0.254 e. The van der Waals surface area contributed by atoms with Crippen molar-refractivity contribution in [3.63, 3.8) is 0 Å². The molecule has 4 rings (SSSR count). The van der Waals surface area contributed by atoms with Crippen molar-refractivity contribution in [2.75, 3.05) is 25.5 Å². The summed E-state index contributed by atoms with van der Waals surface area (Å²) in [5.74, 6) is 0.819. The SMILES string of the molecule is COc1cccc(C(=O)N(CC(=O)Nc2c(-c3ccccc3)c(C)nn2-c2ccc(C)cc2)CC(C)C)c1. The summed E-state index contributed by atoms with van der Waals surface area (Å²) in [6.45, 7) is 8.34. The van der Waals surface area contributed by atoms with Gasteiger partial charge in [0.2, 0.25) is 5.91 Å². The van der Waals surface area contributed by atoms with E-state index in [4.69, 9.17) is 9.84 Å². The number of carbonyl (C=O) groups excluding carboxylic acids is 2. The van der Waals surface area contributed by atoms with Crippen molar-refractivity contribution in [1.82, 2.24) is 14.7 Å². The van der Waals surface area contributed by atoms with Gasteiger partial charge in [0.1, 0.15) is 18.1 Å². The summed E-state index contributed by atoms with van der Waals surface area (Å²) in [5, 5.41) is 7.86. The highest BCUT2D eigenvalue weighted by Crippen LogP contribution is 2.33. The Hall–Kier alpha value is -4.39. The van der Waals surface area contributed by atoms with Gasteiger partial charge in [0, 0.05) is 17.7 Å². The summed E-state index contributed by atoms with van der Waals surface area (Å²) >= 11 is 0. The zero-order chi connectivity index (χ0) is 27.2. The van der Waals surface area contributed by atoms with E-state index in [1.54, 1.807) is 41.0 Å². The molecule has 0 saturated carbocycles. The molecule has 4 aromatic rings. The first kappa shape index (κ1) is 26.7. The van der Waals surface area contributed by atoms with Gasteiger partial charge in [-0.1, -0.05) is 67.9 Å². The molecule has 0 fully saturated rings. The van der Waals surface area contributed by atoms with Gasteiger partial charge in [-0.3, -0.25) is 9.59 Å². The van der Waals surface area contributed by atoms with Gasteiger partial charge < -0.3 is 15.0 Å². The van der Waals surface area contributed by atoms with E-state index >= 15 is 0 Å². The number of carbonyl (C=O) groups is 2. The van der Waals surface area contributed by atoms with E-state index in [0.29, 0.717) is 23.7 Å². The smallest absolute Gasteiger partial charge is 0.254 e. The second-order valence-corrected chi connectivity index (χ2v) is 9.78. The van der Waals surface area contributed by atoms with Crippen molar-refractivity contribution in [3.05, 3.63) is 95.7 Å². The van der Waals surface area contributed by atoms with Gasteiger partial charge >= 0.3 is 0 Å². The maximum absolute atomic E-state index is 13.5. The number of ether oxygens (including phenoxy) is 1. The molecule has 38 heavy (non-hydrogen) atoms. The van der Waals surface area contributed by atoms with Crippen molar-refractivity contribution in [2.24, 2.45) is 5.92 Å². The van der Waals surface area contributed by atoms with Gasteiger partial charge in [0.15, 0.2) is 0 Å². The fourth-order valence-electron chi connectivity index (χ4n) is 4.41. The molecule has 0 saturated heterocycles. The molecule has 0 aliphatic rings. The number of hydrogen-bond acceptors (Lipinski definition) is 4. The number of nitrogens with one attached hydrogen (secondary N) is 1. The quantitative estimate of drug-likeness (QED) is 0.304. The Morgan fingerprint density at radius 2 is 1.68 bits per heavy atom. The number of anilines is 1. The lowest BCUT2D eigenvalue weighted by Gasteiger charge is -2.24. The third kappa shape index (κ3) is 6.11. The number of rotatable bonds is 9. The summed E-state index contributed by atoms with van der Waals surface area (Å²) in [7, 11) is 1.56. The fourth-order valence-corrected chi connectivity index (χ4v) is 4.41. The summed E-state index contributed by atoms with van der Waals surface area (Å²) in [6, 6.07) is 24.8. The summed E-state index contributed by atoms with van der Waals surface area (Å²) in [6.07, 6.45) is 0. The van der Waals surface area contributed by atoms with E-state index < -0.39 is 0 Å². The van der Waals surface area contributed by atoms with Crippen molar-refractivity contribution >= 4 is 17.6 Å². The number of aryl methyl sites for hydroxylation is 2. The molecule has 0 bridgehead atoms. The molecule has 1 heterocycles. The molecule has 196 valence electrons. The van der Waals surface area contributed by atoms with E-state index in [2.05, 4.69) is 5.32 Å². The van der Waals surface area contributed by atoms with Crippen LogP contribution in [0.25, 0.3) is 16.8 Å². The number of hydrogen-bond donors (Lipinski definition) is 1. The molecular weight excluding hydrogens is 476 g/mol. The lowest BCUT2D eigenvalue weighted by Crippen LogP contribution is -2.40. The molecule has 3 aromatic carbocycles. The molecule has 2 amide bonds. The normalized spacial score (nSPS) is 10.9. The first-order valence-corrected chi connectivity index (χ1v) is 12.7. The zero-order valence-corrected chi connectivity index (χ0v) is 22.6. The van der Waals surface area contributed by atoms with Crippen molar-refractivity contribution < 1.29 is 14.3 Å². The Bertz CT molecular complexity index is 1410. The zero-order valence-electron chi connectivity index (χ0n) is 22.6. The van der Waals surface area contributed by atoms with Crippen molar-refractivity contribution in [1.29, 1.82) is 0 Å². The van der Waals surface area contributed by atoms with Gasteiger partial charge in [-0.25, -0.2) is 4.68 Å². The van der Waals surface area contributed by atoms with Gasteiger partial charge in [-0.15, -0.1) is 0 Å². The minimum Gasteiger partial charge on any atom is -0.497 e. The number of aromatic nitrogens is 2. The van der Waals surface area contributed by atoms with Crippen LogP contribution in [0.1, 0.15) is 35.5 Å². The lowest BCUT2D eigenvalue weighted by molar-refractivity contribution is -0.117. The van der Waals surface area contributed by atoms with E-state index in [0.717, 1.165) is 28.1 Å². The van der Waals surface area contributed by atoms with Gasteiger partial charge in [0.05, 0.1) is 18.5 Å². The molecule has 0 aliphatic carbocycles. The predicted octanol–water partition coefficient (Wildman–Crippen LogP) is 5.90. The van der Waals surface area contributed by atoms with Gasteiger partial charge in [0.25, 0.3) is 5.91 Å². The average molecular weight is 511 g/mol. The Labute approximate surface area is 224 Å². The standard InChI is InChI=1S/C31H34N4O3/c1-21(2)19-34(31(37)25-12-9-13-27(18-25)38-5)20-28(36)32-30-29(24-10-7-6-8-11-24)23(4)33-35(30)26-16-14-22(3)15-17-26/h6-18,21H,19-20H2,1-5H3,(H,32,36). The van der Waals surface area contributed by atoms with E-state index in [1.165, 1.54) is 0 Å². The summed E-state index contributed by atoms with van der Waals surface area (Å²) < 4.78 is 7.04. The Kier molecular flexibility index (Phi) is 8.26. The fraction of sp³-hybridized carbons (Fsp3) is 0.258. The highest BCUT2D eigenvalue weighted by atomic mass is 16.5. The van der Waals surface area contributed by atoms with E-state index in [-0.39, 0.29) is 24.3 Å². The Morgan fingerprint density at radius 1 is 0.974 bits per heavy atom. The molecule has 1 N–H and O–H groups in total. The molecule has 1 aromatic heterocycles. The van der Waals surface area contributed by atoms with Crippen molar-refractivity contribution in [2.45, 2.75) is 27.7 Å². The van der Waals surface area contributed by atoms with Gasteiger partial charge in [-0.2, -0.15) is 5.10 Å². The number of benzene rings is 3. The molecular formula is C31H34N4O3. The second-order valence-electron chi connectivity index (χ2n) is 9.78. The van der Waals surface area contributed by atoms with Gasteiger partial charge in [-0.05, 0) is 55.7 Å². The van der Waals surface area contributed by atoms with Crippen LogP contribution in [0.5, 0.6) is 5.75 Å². The number of nitrogens with zero attached hydrogens (tertiary/aromatic N) is 3. The summed E-state index contributed by atoms with van der Waals surface area (Å²) in [4.78, 5) is 28.5. The highest BCUT2D eigenvalue weighted by molar-refractivity contribution is 6.01. The molecule has 0 radical (unpaired) electrons. The Morgan fingerprint density at radius 3 is 2.34 bits per heavy atom. The lowest BCUT2D eigenvalue weighted by atomic mass is 10.1. The van der Waals surface area contributed by atoms with Crippen LogP contribution in [-0.4, -0.2) is 46.7 Å². The van der Waals surface area contributed by atoms with Crippen LogP contribution in [0.4, 0.5) is 5.82 Å². The number of methoxy groups -OCH3 is 1. The first-order valence-electron chi connectivity index (χ1n) is 12.7.